The molecule has 3 aromatic rings. The fourth-order valence-corrected chi connectivity index (χ4v) is 1.88. The standard InChI is InChI=1S/C10H6ClFN4/c1-5-2-3-6-7(8(5)12)9-13-4-14-16(9)10(11)15-6/h2-4H,1H3. The van der Waals surface area contributed by atoms with Gasteiger partial charge in [0.1, 0.15) is 12.1 Å². The highest BCUT2D eigenvalue weighted by Crippen LogP contribution is 2.24. The van der Waals surface area contributed by atoms with Crippen LogP contribution in [0.1, 0.15) is 5.56 Å². The molecule has 0 atom stereocenters. The molecule has 1 aromatic carbocycles. The first-order valence-electron chi connectivity index (χ1n) is 4.62. The Morgan fingerprint density at radius 3 is 3.00 bits per heavy atom. The van der Waals surface area contributed by atoms with Crippen LogP contribution in [0.2, 0.25) is 5.28 Å². The summed E-state index contributed by atoms with van der Waals surface area (Å²) in [6, 6.07) is 3.38. The molecule has 0 aliphatic carbocycles. The monoisotopic (exact) mass is 236 g/mol. The molecule has 2 heterocycles. The summed E-state index contributed by atoms with van der Waals surface area (Å²) in [6.45, 7) is 1.69. The summed E-state index contributed by atoms with van der Waals surface area (Å²) in [6.07, 6.45) is 1.32. The minimum atomic E-state index is -0.334. The van der Waals surface area contributed by atoms with Gasteiger partial charge in [0.15, 0.2) is 5.65 Å². The smallest absolute Gasteiger partial charge is 0.218 e. The van der Waals surface area contributed by atoms with E-state index in [-0.39, 0.29) is 11.1 Å². The molecule has 0 spiro atoms. The molecule has 0 amide bonds. The minimum absolute atomic E-state index is 0.170. The van der Waals surface area contributed by atoms with Crippen LogP contribution in [0.3, 0.4) is 0 Å². The van der Waals surface area contributed by atoms with E-state index in [0.717, 1.165) is 0 Å². The van der Waals surface area contributed by atoms with Crippen molar-refractivity contribution in [1.29, 1.82) is 0 Å². The number of aryl methyl sites for hydroxylation is 1. The van der Waals surface area contributed by atoms with Crippen LogP contribution in [-0.2, 0) is 0 Å². The first-order chi connectivity index (χ1) is 7.68. The number of rotatable bonds is 0. The number of halogens is 2. The molecule has 0 saturated heterocycles. The van der Waals surface area contributed by atoms with Crippen LogP contribution in [0.15, 0.2) is 18.5 Å². The van der Waals surface area contributed by atoms with Gasteiger partial charge >= 0.3 is 0 Å². The zero-order chi connectivity index (χ0) is 11.3. The Hall–Kier alpha value is -1.75. The third kappa shape index (κ3) is 1.12. The van der Waals surface area contributed by atoms with Gasteiger partial charge in [0, 0.05) is 0 Å². The Morgan fingerprint density at radius 1 is 1.38 bits per heavy atom. The van der Waals surface area contributed by atoms with Gasteiger partial charge in [-0.2, -0.15) is 9.61 Å². The normalized spacial score (nSPS) is 11.4. The molecular weight excluding hydrogens is 231 g/mol. The van der Waals surface area contributed by atoms with E-state index in [2.05, 4.69) is 15.1 Å². The van der Waals surface area contributed by atoms with Gasteiger partial charge in [-0.1, -0.05) is 6.07 Å². The first kappa shape index (κ1) is 9.47. The fourth-order valence-electron chi connectivity index (χ4n) is 1.67. The topological polar surface area (TPSA) is 43.1 Å². The van der Waals surface area contributed by atoms with E-state index in [1.165, 1.54) is 10.8 Å². The van der Waals surface area contributed by atoms with Crippen LogP contribution < -0.4 is 0 Å². The average Bonchev–Trinajstić information content (AvgIpc) is 2.73. The van der Waals surface area contributed by atoms with E-state index < -0.39 is 0 Å². The molecule has 0 saturated carbocycles. The number of aromatic nitrogens is 4. The van der Waals surface area contributed by atoms with E-state index >= 15 is 0 Å². The zero-order valence-electron chi connectivity index (χ0n) is 8.28. The molecule has 0 N–H and O–H groups in total. The van der Waals surface area contributed by atoms with E-state index in [1.807, 2.05) is 0 Å². The number of nitrogens with zero attached hydrogens (tertiary/aromatic N) is 4. The molecule has 0 unspecified atom stereocenters. The van der Waals surface area contributed by atoms with Gasteiger partial charge in [0.25, 0.3) is 0 Å². The van der Waals surface area contributed by atoms with Crippen LogP contribution >= 0.6 is 11.6 Å². The number of benzene rings is 1. The summed E-state index contributed by atoms with van der Waals surface area (Å²) >= 11 is 5.90. The number of fused-ring (bicyclic) bond motifs is 3. The van der Waals surface area contributed by atoms with Crippen molar-refractivity contribution in [1.82, 2.24) is 19.6 Å². The van der Waals surface area contributed by atoms with Crippen molar-refractivity contribution in [2.75, 3.05) is 0 Å². The lowest BCUT2D eigenvalue weighted by Gasteiger charge is -2.04. The van der Waals surface area contributed by atoms with Crippen molar-refractivity contribution in [2.24, 2.45) is 0 Å². The van der Waals surface area contributed by atoms with Crippen LogP contribution in [0, 0.1) is 12.7 Å². The Labute approximate surface area is 94.7 Å². The summed E-state index contributed by atoms with van der Waals surface area (Å²) < 4.78 is 15.3. The largest absolute Gasteiger partial charge is 0.226 e. The van der Waals surface area contributed by atoms with Gasteiger partial charge in [0.05, 0.1) is 10.9 Å². The second-order valence-electron chi connectivity index (χ2n) is 3.47. The van der Waals surface area contributed by atoms with Gasteiger partial charge in [0.2, 0.25) is 5.28 Å². The van der Waals surface area contributed by atoms with Crippen LogP contribution in [0.4, 0.5) is 4.39 Å². The Balaban J connectivity index is 2.66. The fraction of sp³-hybridized carbons (Fsp3) is 0.100. The lowest BCUT2D eigenvalue weighted by molar-refractivity contribution is 0.630. The third-order valence-corrected chi connectivity index (χ3v) is 2.72. The molecule has 0 aliphatic rings. The van der Waals surface area contributed by atoms with E-state index in [4.69, 9.17) is 11.6 Å². The maximum absolute atomic E-state index is 14.0. The summed E-state index contributed by atoms with van der Waals surface area (Å²) in [5.74, 6) is -0.334. The Bertz CT molecular complexity index is 707. The number of hydrogen-bond donors (Lipinski definition) is 0. The number of hydrogen-bond acceptors (Lipinski definition) is 3. The second-order valence-corrected chi connectivity index (χ2v) is 3.80. The lowest BCUT2D eigenvalue weighted by atomic mass is 10.1. The van der Waals surface area contributed by atoms with Gasteiger partial charge in [-0.15, -0.1) is 0 Å². The zero-order valence-corrected chi connectivity index (χ0v) is 9.03. The van der Waals surface area contributed by atoms with Gasteiger partial charge in [-0.25, -0.2) is 14.4 Å². The van der Waals surface area contributed by atoms with Crippen molar-refractivity contribution >= 4 is 28.2 Å². The quantitative estimate of drug-likeness (QED) is 0.563. The molecule has 0 aliphatic heterocycles. The van der Waals surface area contributed by atoms with Crippen molar-refractivity contribution in [3.8, 4) is 0 Å². The summed E-state index contributed by atoms with van der Waals surface area (Å²) in [7, 11) is 0. The molecule has 0 fully saturated rings. The van der Waals surface area contributed by atoms with Crippen molar-refractivity contribution in [2.45, 2.75) is 6.92 Å². The first-order valence-corrected chi connectivity index (χ1v) is 5.00. The van der Waals surface area contributed by atoms with Crippen molar-refractivity contribution < 1.29 is 4.39 Å². The van der Waals surface area contributed by atoms with Crippen LogP contribution in [0.25, 0.3) is 16.6 Å². The van der Waals surface area contributed by atoms with E-state index in [1.54, 1.807) is 19.1 Å². The van der Waals surface area contributed by atoms with E-state index in [0.29, 0.717) is 22.1 Å². The maximum atomic E-state index is 14.0. The molecule has 0 radical (unpaired) electrons. The SMILES string of the molecule is Cc1ccc2nc(Cl)n3ncnc3c2c1F. The summed E-state index contributed by atoms with van der Waals surface area (Å²) in [5.41, 5.74) is 1.41. The van der Waals surface area contributed by atoms with Gasteiger partial charge < -0.3 is 0 Å². The lowest BCUT2D eigenvalue weighted by Crippen LogP contribution is -1.97. The minimum Gasteiger partial charge on any atom is -0.218 e. The highest BCUT2D eigenvalue weighted by atomic mass is 35.5. The predicted octanol–water partition coefficient (Wildman–Crippen LogP) is 2.38. The molecule has 3 rings (SSSR count). The highest BCUT2D eigenvalue weighted by Gasteiger charge is 2.13. The van der Waals surface area contributed by atoms with Gasteiger partial charge in [-0.05, 0) is 30.2 Å². The molecule has 6 heteroatoms. The summed E-state index contributed by atoms with van der Waals surface area (Å²) in [4.78, 5) is 8.06. The molecule has 0 bridgehead atoms. The molecule has 2 aromatic heterocycles. The molecular formula is C10H6ClFN4. The third-order valence-electron chi connectivity index (χ3n) is 2.47. The van der Waals surface area contributed by atoms with Crippen LogP contribution in [-0.4, -0.2) is 19.6 Å². The maximum Gasteiger partial charge on any atom is 0.226 e. The molecule has 16 heavy (non-hydrogen) atoms. The Kier molecular flexibility index (Phi) is 1.85. The highest BCUT2D eigenvalue weighted by molar-refractivity contribution is 6.29. The van der Waals surface area contributed by atoms with Crippen molar-refractivity contribution in [3.63, 3.8) is 0 Å². The summed E-state index contributed by atoms with van der Waals surface area (Å²) in [5, 5.41) is 4.40. The molecule has 4 nitrogen and oxygen atoms in total. The average molecular weight is 237 g/mol. The predicted molar refractivity (Wildman–Crippen MR) is 58.0 cm³/mol. The Morgan fingerprint density at radius 2 is 2.19 bits per heavy atom. The van der Waals surface area contributed by atoms with Gasteiger partial charge in [-0.3, -0.25) is 0 Å². The van der Waals surface area contributed by atoms with E-state index in [9.17, 15) is 4.39 Å². The second kappa shape index (κ2) is 3.12. The molecule has 80 valence electrons. The van der Waals surface area contributed by atoms with Crippen molar-refractivity contribution in [3.05, 3.63) is 35.1 Å². The van der Waals surface area contributed by atoms with Crippen LogP contribution in [0.5, 0.6) is 0 Å².